The second kappa shape index (κ2) is 8.15. The SMILES string of the molecule is CC(C)NC(=O)O[C@@H]1CC[C@H](c2cc(Nc3cccc4c3NCNS4(=O)=O)n[nH]2)C1. The van der Waals surface area contributed by atoms with Crippen LogP contribution >= 0.6 is 0 Å². The molecule has 1 saturated carbocycles. The highest BCUT2D eigenvalue weighted by molar-refractivity contribution is 7.89. The lowest BCUT2D eigenvalue weighted by Crippen LogP contribution is -2.34. The Hall–Kier alpha value is -2.79. The lowest BCUT2D eigenvalue weighted by atomic mass is 10.0. The van der Waals surface area contributed by atoms with Crippen molar-refractivity contribution in [3.05, 3.63) is 30.0 Å². The average Bonchev–Trinajstić information content (AvgIpc) is 3.31. The molecule has 0 spiro atoms. The van der Waals surface area contributed by atoms with Gasteiger partial charge in [-0.25, -0.2) is 13.2 Å². The Bertz CT molecular complexity index is 1040. The quantitative estimate of drug-likeness (QED) is 0.488. The van der Waals surface area contributed by atoms with E-state index in [9.17, 15) is 13.2 Å². The predicted molar refractivity (Wildman–Crippen MR) is 112 cm³/mol. The van der Waals surface area contributed by atoms with Crippen LogP contribution in [0.4, 0.5) is 22.0 Å². The van der Waals surface area contributed by atoms with Crippen LogP contribution in [0, 0.1) is 0 Å². The molecule has 0 unspecified atom stereocenters. The van der Waals surface area contributed by atoms with Crippen LogP contribution in [0.25, 0.3) is 0 Å². The second-order valence-corrected chi connectivity index (χ2v) is 9.59. The average molecular weight is 435 g/mol. The van der Waals surface area contributed by atoms with Crippen LogP contribution in [-0.2, 0) is 14.8 Å². The van der Waals surface area contributed by atoms with Gasteiger partial charge in [0.15, 0.2) is 5.82 Å². The first-order chi connectivity index (χ1) is 14.3. The van der Waals surface area contributed by atoms with E-state index in [1.54, 1.807) is 18.2 Å². The number of fused-ring (bicyclic) bond motifs is 1. The molecule has 1 amide bonds. The first-order valence-corrected chi connectivity index (χ1v) is 11.5. The Kier molecular flexibility index (Phi) is 5.56. The predicted octanol–water partition coefficient (Wildman–Crippen LogP) is 2.59. The van der Waals surface area contributed by atoms with E-state index < -0.39 is 10.0 Å². The standard InChI is InChI=1S/C19H26N6O4S/c1-11(2)22-19(26)29-13-7-6-12(8-13)15-9-17(25-24-15)23-14-4-3-5-16-18(14)20-10-21-30(16,27)28/h3-5,9,11-13,20-21H,6-8,10H2,1-2H3,(H,22,26)(H2,23,24,25)/t12-,13+/m0/s1. The molecule has 2 aliphatic rings. The van der Waals surface area contributed by atoms with Crippen molar-refractivity contribution in [2.24, 2.45) is 0 Å². The highest BCUT2D eigenvalue weighted by Gasteiger charge is 2.30. The van der Waals surface area contributed by atoms with Crippen molar-refractivity contribution in [3.63, 3.8) is 0 Å². The molecule has 0 radical (unpaired) electrons. The summed E-state index contributed by atoms with van der Waals surface area (Å²) in [6.45, 7) is 3.92. The molecule has 2 aromatic rings. The number of ether oxygens (including phenoxy) is 1. The molecule has 1 aliphatic heterocycles. The summed E-state index contributed by atoms with van der Waals surface area (Å²) in [7, 11) is -3.52. The lowest BCUT2D eigenvalue weighted by Gasteiger charge is -2.22. The summed E-state index contributed by atoms with van der Waals surface area (Å²) in [5.74, 6) is 0.815. The zero-order valence-corrected chi connectivity index (χ0v) is 17.7. The number of carbonyl (C=O) groups excluding carboxylic acids is 1. The molecule has 10 nitrogen and oxygen atoms in total. The molecule has 11 heteroatoms. The second-order valence-electron chi connectivity index (χ2n) is 7.85. The Morgan fingerprint density at radius 3 is 2.93 bits per heavy atom. The number of nitrogens with one attached hydrogen (secondary N) is 5. The highest BCUT2D eigenvalue weighted by Crippen LogP contribution is 2.37. The molecule has 1 aromatic carbocycles. The Labute approximate surface area is 175 Å². The summed E-state index contributed by atoms with van der Waals surface area (Å²) in [5.41, 5.74) is 2.11. The number of rotatable bonds is 5. The molecule has 5 N–H and O–H groups in total. The molecular weight excluding hydrogens is 408 g/mol. The largest absolute Gasteiger partial charge is 0.446 e. The van der Waals surface area contributed by atoms with Crippen molar-refractivity contribution in [1.82, 2.24) is 20.2 Å². The van der Waals surface area contributed by atoms with Gasteiger partial charge in [0.2, 0.25) is 10.0 Å². The number of hydrogen-bond acceptors (Lipinski definition) is 7. The van der Waals surface area contributed by atoms with E-state index >= 15 is 0 Å². The van der Waals surface area contributed by atoms with Crippen molar-refractivity contribution >= 4 is 33.3 Å². The normalized spacial score (nSPS) is 22.2. The smallest absolute Gasteiger partial charge is 0.407 e. The van der Waals surface area contributed by atoms with Crippen molar-refractivity contribution < 1.29 is 17.9 Å². The molecule has 2 heterocycles. The van der Waals surface area contributed by atoms with Crippen molar-refractivity contribution in [2.75, 3.05) is 17.3 Å². The molecular formula is C19H26N6O4S. The van der Waals surface area contributed by atoms with Crippen LogP contribution in [-0.4, -0.2) is 43.5 Å². The fraction of sp³-hybridized carbons (Fsp3) is 0.474. The summed E-state index contributed by atoms with van der Waals surface area (Å²) in [5, 5.41) is 16.4. The minimum atomic E-state index is -3.52. The van der Waals surface area contributed by atoms with E-state index in [0.717, 1.165) is 25.0 Å². The van der Waals surface area contributed by atoms with Crippen LogP contribution < -0.4 is 20.7 Å². The van der Waals surface area contributed by atoms with Crippen LogP contribution in [0.15, 0.2) is 29.2 Å². The van der Waals surface area contributed by atoms with Gasteiger partial charge in [0.25, 0.3) is 0 Å². The summed E-state index contributed by atoms with van der Waals surface area (Å²) >= 11 is 0. The van der Waals surface area contributed by atoms with Crippen LogP contribution in [0.2, 0.25) is 0 Å². The van der Waals surface area contributed by atoms with Crippen LogP contribution in [0.1, 0.15) is 44.7 Å². The molecule has 30 heavy (non-hydrogen) atoms. The fourth-order valence-corrected chi connectivity index (χ4v) is 4.96. The summed E-state index contributed by atoms with van der Waals surface area (Å²) < 4.78 is 32.3. The van der Waals surface area contributed by atoms with Gasteiger partial charge in [-0.15, -0.1) is 0 Å². The molecule has 162 valence electrons. The van der Waals surface area contributed by atoms with Gasteiger partial charge >= 0.3 is 6.09 Å². The number of aromatic nitrogens is 2. The number of nitrogens with zero attached hydrogens (tertiary/aromatic N) is 1. The van der Waals surface area contributed by atoms with Gasteiger partial charge in [0.05, 0.1) is 18.0 Å². The van der Waals surface area contributed by atoms with E-state index in [1.807, 2.05) is 19.9 Å². The molecule has 1 aliphatic carbocycles. The Balaban J connectivity index is 1.42. The van der Waals surface area contributed by atoms with Gasteiger partial charge in [-0.2, -0.15) is 9.82 Å². The zero-order chi connectivity index (χ0) is 21.3. The summed E-state index contributed by atoms with van der Waals surface area (Å²) in [4.78, 5) is 12.0. The van der Waals surface area contributed by atoms with Gasteiger partial charge in [-0.05, 0) is 45.2 Å². The van der Waals surface area contributed by atoms with Gasteiger partial charge in [0, 0.05) is 23.7 Å². The van der Waals surface area contributed by atoms with Gasteiger partial charge in [-0.3, -0.25) is 5.10 Å². The van der Waals surface area contributed by atoms with E-state index in [2.05, 4.69) is 30.9 Å². The number of hydrogen-bond donors (Lipinski definition) is 5. The zero-order valence-electron chi connectivity index (χ0n) is 16.9. The number of H-pyrrole nitrogens is 1. The third-order valence-corrected chi connectivity index (χ3v) is 6.65. The minimum Gasteiger partial charge on any atom is -0.446 e. The molecule has 4 rings (SSSR count). The summed E-state index contributed by atoms with van der Waals surface area (Å²) in [6.07, 6.45) is 1.94. The maximum absolute atomic E-state index is 12.2. The maximum atomic E-state index is 12.2. The fourth-order valence-electron chi connectivity index (χ4n) is 3.84. The number of anilines is 3. The number of alkyl carbamates (subject to hydrolysis) is 1. The summed E-state index contributed by atoms with van der Waals surface area (Å²) in [6, 6.07) is 6.99. The van der Waals surface area contributed by atoms with E-state index in [-0.39, 0.29) is 35.7 Å². The number of sulfonamides is 1. The monoisotopic (exact) mass is 434 g/mol. The minimum absolute atomic E-state index is 0.0416. The van der Waals surface area contributed by atoms with Gasteiger partial charge in [0.1, 0.15) is 11.0 Å². The molecule has 0 saturated heterocycles. The van der Waals surface area contributed by atoms with E-state index in [4.69, 9.17) is 4.74 Å². The van der Waals surface area contributed by atoms with E-state index in [0.29, 0.717) is 17.2 Å². The molecule has 1 aromatic heterocycles. The maximum Gasteiger partial charge on any atom is 0.407 e. The number of amides is 1. The molecule has 2 atom stereocenters. The first kappa shape index (κ1) is 20.5. The molecule has 0 bridgehead atoms. The topological polar surface area (TPSA) is 137 Å². The Morgan fingerprint density at radius 1 is 1.30 bits per heavy atom. The van der Waals surface area contributed by atoms with Crippen molar-refractivity contribution in [3.8, 4) is 0 Å². The lowest BCUT2D eigenvalue weighted by molar-refractivity contribution is 0.0981. The van der Waals surface area contributed by atoms with E-state index in [1.165, 1.54) is 0 Å². The first-order valence-electron chi connectivity index (χ1n) is 9.98. The highest BCUT2D eigenvalue weighted by atomic mass is 32.2. The van der Waals surface area contributed by atoms with Crippen molar-refractivity contribution in [1.29, 1.82) is 0 Å². The number of benzene rings is 1. The van der Waals surface area contributed by atoms with Crippen molar-refractivity contribution in [2.45, 2.75) is 56.1 Å². The number of para-hydroxylation sites is 1. The van der Waals surface area contributed by atoms with Crippen LogP contribution in [0.3, 0.4) is 0 Å². The third kappa shape index (κ3) is 4.36. The number of carbonyl (C=O) groups is 1. The third-order valence-electron chi connectivity index (χ3n) is 5.21. The Morgan fingerprint density at radius 2 is 2.13 bits per heavy atom. The molecule has 1 fully saturated rings. The number of aromatic amines is 1. The van der Waals surface area contributed by atoms with Gasteiger partial charge in [-0.1, -0.05) is 6.07 Å². The van der Waals surface area contributed by atoms with Crippen LogP contribution in [0.5, 0.6) is 0 Å². The van der Waals surface area contributed by atoms with Gasteiger partial charge < -0.3 is 20.7 Å².